The van der Waals surface area contributed by atoms with E-state index in [1.165, 1.54) is 17.0 Å². The van der Waals surface area contributed by atoms with Crippen molar-refractivity contribution in [2.75, 3.05) is 34.8 Å². The van der Waals surface area contributed by atoms with Gasteiger partial charge in [0.1, 0.15) is 18.4 Å². The average Bonchev–Trinajstić information content (AvgIpc) is 3.26. The maximum absolute atomic E-state index is 14.9. The molecule has 226 valence electrons. The molecule has 14 heteroatoms. The molecule has 0 aliphatic carbocycles. The number of carbonyl (C=O) groups is 1. The summed E-state index contributed by atoms with van der Waals surface area (Å²) in [7, 11) is 0. The van der Waals surface area contributed by atoms with Gasteiger partial charge in [-0.3, -0.25) is 0 Å². The largest absolute Gasteiger partial charge is 0.573 e. The van der Waals surface area contributed by atoms with Crippen molar-refractivity contribution >= 4 is 35.1 Å². The number of alkyl halides is 3. The minimum Gasteiger partial charge on any atom is -0.447 e. The summed E-state index contributed by atoms with van der Waals surface area (Å²) in [6.45, 7) is 10.6. The molecule has 2 aliphatic heterocycles. The molecule has 1 aromatic heterocycles. The number of nitrogens with zero attached hydrogens (tertiary/aromatic N) is 4. The van der Waals surface area contributed by atoms with E-state index in [2.05, 4.69) is 20.0 Å². The maximum atomic E-state index is 14.9. The van der Waals surface area contributed by atoms with E-state index in [0.717, 1.165) is 19.0 Å². The minimum atomic E-state index is -4.84. The number of anilines is 3. The van der Waals surface area contributed by atoms with Gasteiger partial charge in [-0.05, 0) is 65.5 Å². The Morgan fingerprint density at radius 3 is 2.49 bits per heavy atom. The van der Waals surface area contributed by atoms with Crippen LogP contribution in [0.1, 0.15) is 47.5 Å². The number of amides is 1. The SMILES string of the molecule is C[C@H](Nc1ncc(F)c(N2C(=O)OCC2[C@H](C)OC(C)(C)C)n1)C1CCN(c2ccc(Cl)c(OC(F)(F)F)c2)CC1. The van der Waals surface area contributed by atoms with Gasteiger partial charge in [0.2, 0.25) is 5.95 Å². The van der Waals surface area contributed by atoms with Crippen LogP contribution in [0, 0.1) is 11.7 Å². The Labute approximate surface area is 241 Å². The number of halogens is 5. The van der Waals surface area contributed by atoms with Gasteiger partial charge in [0.25, 0.3) is 0 Å². The quantitative estimate of drug-likeness (QED) is 0.346. The first-order valence-electron chi connectivity index (χ1n) is 13.3. The van der Waals surface area contributed by atoms with Gasteiger partial charge in [-0.2, -0.15) is 4.98 Å². The van der Waals surface area contributed by atoms with Crippen LogP contribution in [0.15, 0.2) is 24.4 Å². The number of carbonyl (C=O) groups excluding carboxylic acids is 1. The Kier molecular flexibility index (Phi) is 9.07. The highest BCUT2D eigenvalue weighted by atomic mass is 35.5. The lowest BCUT2D eigenvalue weighted by Crippen LogP contribution is -2.45. The van der Waals surface area contributed by atoms with Crippen molar-refractivity contribution in [1.29, 1.82) is 0 Å². The molecule has 2 saturated heterocycles. The minimum absolute atomic E-state index is 0.0364. The zero-order valence-electron chi connectivity index (χ0n) is 23.5. The molecule has 9 nitrogen and oxygen atoms in total. The number of rotatable bonds is 8. The Morgan fingerprint density at radius 1 is 1.17 bits per heavy atom. The summed E-state index contributed by atoms with van der Waals surface area (Å²) in [5.74, 6) is -1.07. The normalized spacial score (nSPS) is 20.1. The highest BCUT2D eigenvalue weighted by Crippen LogP contribution is 2.36. The molecule has 4 rings (SSSR count). The Bertz CT molecular complexity index is 1240. The van der Waals surface area contributed by atoms with E-state index in [4.69, 9.17) is 21.1 Å². The van der Waals surface area contributed by atoms with Gasteiger partial charge in [0.05, 0.1) is 22.9 Å². The molecule has 41 heavy (non-hydrogen) atoms. The molecule has 1 N–H and O–H groups in total. The Hall–Kier alpha value is -3.06. The third kappa shape index (κ3) is 7.82. The van der Waals surface area contributed by atoms with Crippen LogP contribution in [0.3, 0.4) is 0 Å². The van der Waals surface area contributed by atoms with Gasteiger partial charge < -0.3 is 24.4 Å². The molecule has 1 unspecified atom stereocenters. The van der Waals surface area contributed by atoms with Crippen molar-refractivity contribution in [1.82, 2.24) is 9.97 Å². The number of piperidine rings is 1. The predicted molar refractivity (Wildman–Crippen MR) is 146 cm³/mol. The molecule has 2 fully saturated rings. The van der Waals surface area contributed by atoms with Gasteiger partial charge in [-0.15, -0.1) is 13.2 Å². The van der Waals surface area contributed by atoms with Crippen LogP contribution in [0.2, 0.25) is 5.02 Å². The Morgan fingerprint density at radius 2 is 1.85 bits per heavy atom. The topological polar surface area (TPSA) is 89.1 Å². The number of hydrogen-bond acceptors (Lipinski definition) is 8. The molecular weight excluding hydrogens is 570 g/mol. The van der Waals surface area contributed by atoms with Gasteiger partial charge in [-0.25, -0.2) is 19.1 Å². The van der Waals surface area contributed by atoms with E-state index in [1.807, 2.05) is 32.6 Å². The van der Waals surface area contributed by atoms with Crippen molar-refractivity contribution < 1.29 is 36.6 Å². The number of ether oxygens (including phenoxy) is 3. The summed E-state index contributed by atoms with van der Waals surface area (Å²) in [6, 6.07) is 3.64. The number of benzene rings is 1. The lowest BCUT2D eigenvalue weighted by Gasteiger charge is -2.36. The predicted octanol–water partition coefficient (Wildman–Crippen LogP) is 6.41. The van der Waals surface area contributed by atoms with Crippen LogP contribution in [-0.4, -0.2) is 65.9 Å². The van der Waals surface area contributed by atoms with Crippen molar-refractivity contribution in [3.8, 4) is 5.75 Å². The summed E-state index contributed by atoms with van der Waals surface area (Å²) < 4.78 is 68.3. The van der Waals surface area contributed by atoms with Crippen LogP contribution in [0.25, 0.3) is 0 Å². The summed E-state index contributed by atoms with van der Waals surface area (Å²) >= 11 is 5.88. The van der Waals surface area contributed by atoms with Crippen molar-refractivity contribution in [2.45, 2.75) is 77.6 Å². The highest BCUT2D eigenvalue weighted by molar-refractivity contribution is 6.32. The maximum Gasteiger partial charge on any atom is 0.573 e. The van der Waals surface area contributed by atoms with E-state index in [-0.39, 0.29) is 35.4 Å². The fourth-order valence-corrected chi connectivity index (χ4v) is 5.28. The molecule has 1 aromatic carbocycles. The summed E-state index contributed by atoms with van der Waals surface area (Å²) in [5, 5.41) is 3.09. The first-order chi connectivity index (χ1) is 19.1. The molecule has 3 atom stereocenters. The molecule has 1 amide bonds. The summed E-state index contributed by atoms with van der Waals surface area (Å²) in [6.07, 6.45) is -3.54. The number of hydrogen-bond donors (Lipinski definition) is 1. The zero-order valence-corrected chi connectivity index (χ0v) is 24.2. The molecule has 0 bridgehead atoms. The molecular formula is C27H34ClF4N5O4. The van der Waals surface area contributed by atoms with Crippen LogP contribution in [-0.2, 0) is 9.47 Å². The molecule has 0 saturated carbocycles. The third-order valence-electron chi connectivity index (χ3n) is 7.05. The molecule has 0 radical (unpaired) electrons. The third-order valence-corrected chi connectivity index (χ3v) is 7.36. The van der Waals surface area contributed by atoms with E-state index < -0.39 is 41.8 Å². The van der Waals surface area contributed by atoms with Gasteiger partial charge in [0.15, 0.2) is 11.6 Å². The lowest BCUT2D eigenvalue weighted by molar-refractivity contribution is -0.274. The smallest absolute Gasteiger partial charge is 0.447 e. The average molecular weight is 604 g/mol. The number of cyclic esters (lactones) is 1. The van der Waals surface area contributed by atoms with Crippen molar-refractivity contribution in [2.24, 2.45) is 5.92 Å². The van der Waals surface area contributed by atoms with Crippen LogP contribution < -0.4 is 19.9 Å². The number of nitrogens with one attached hydrogen (secondary N) is 1. The van der Waals surface area contributed by atoms with Crippen LogP contribution in [0.5, 0.6) is 5.75 Å². The van der Waals surface area contributed by atoms with E-state index in [1.54, 1.807) is 13.0 Å². The van der Waals surface area contributed by atoms with E-state index in [9.17, 15) is 22.4 Å². The van der Waals surface area contributed by atoms with Gasteiger partial charge in [-0.1, -0.05) is 11.6 Å². The molecule has 2 aliphatic rings. The van der Waals surface area contributed by atoms with E-state index >= 15 is 0 Å². The monoisotopic (exact) mass is 603 g/mol. The first-order valence-corrected chi connectivity index (χ1v) is 13.7. The highest BCUT2D eigenvalue weighted by Gasteiger charge is 2.42. The van der Waals surface area contributed by atoms with Gasteiger partial charge >= 0.3 is 12.5 Å². The summed E-state index contributed by atoms with van der Waals surface area (Å²) in [4.78, 5) is 24.1. The van der Waals surface area contributed by atoms with Crippen molar-refractivity contribution in [3.05, 3.63) is 35.2 Å². The summed E-state index contributed by atoms with van der Waals surface area (Å²) in [5.41, 5.74) is 0.0988. The lowest BCUT2D eigenvalue weighted by atomic mass is 9.90. The number of aromatic nitrogens is 2. The fraction of sp³-hybridized carbons (Fsp3) is 0.593. The fourth-order valence-electron chi connectivity index (χ4n) is 5.13. The van der Waals surface area contributed by atoms with Gasteiger partial charge in [0, 0.05) is 30.9 Å². The van der Waals surface area contributed by atoms with Crippen LogP contribution >= 0.6 is 11.6 Å². The Balaban J connectivity index is 1.41. The standard InChI is InChI=1S/C27H34ClF4N5O4/c1-15(17-8-10-36(11-9-17)18-6-7-19(28)22(12-18)41-27(30,31)32)34-24-33-13-20(29)23(35-24)37-21(14-39-25(37)38)16(2)40-26(3,4)5/h6-7,12-13,15-17,21H,8-11,14H2,1-5H3,(H,33,34,35)/t15-,16-,21?/m0/s1. The molecule has 2 aromatic rings. The first kappa shape index (κ1) is 30.9. The molecule has 0 spiro atoms. The molecule has 3 heterocycles. The second-order valence-electron chi connectivity index (χ2n) is 11.2. The van der Waals surface area contributed by atoms with Crippen molar-refractivity contribution in [3.63, 3.8) is 0 Å². The zero-order chi connectivity index (χ0) is 30.1. The van der Waals surface area contributed by atoms with Crippen LogP contribution in [0.4, 0.5) is 39.8 Å². The second kappa shape index (κ2) is 12.0. The van der Waals surface area contributed by atoms with E-state index in [0.29, 0.717) is 18.8 Å². The second-order valence-corrected chi connectivity index (χ2v) is 11.6.